The molecule has 84 valence electrons. The lowest BCUT2D eigenvalue weighted by Gasteiger charge is -2.03. The van der Waals surface area contributed by atoms with Gasteiger partial charge in [-0.3, -0.25) is 4.57 Å². The zero-order chi connectivity index (χ0) is 11.5. The highest BCUT2D eigenvalue weighted by Gasteiger charge is 2.08. The highest BCUT2D eigenvalue weighted by Crippen LogP contribution is 2.12. The Morgan fingerprint density at radius 2 is 1.81 bits per heavy atom. The lowest BCUT2D eigenvalue weighted by Crippen LogP contribution is -2.02. The number of hydrogen-bond donors (Lipinski definition) is 0. The van der Waals surface area contributed by atoms with Crippen LogP contribution < -0.4 is 0 Å². The number of imidazole rings is 1. The van der Waals surface area contributed by atoms with Gasteiger partial charge in [-0.2, -0.15) is 8.78 Å². The molecule has 1 aromatic heterocycles. The van der Waals surface area contributed by atoms with E-state index in [1.807, 2.05) is 30.3 Å². The van der Waals surface area contributed by atoms with Crippen molar-refractivity contribution in [3.05, 3.63) is 53.1 Å². The van der Waals surface area contributed by atoms with Gasteiger partial charge in [-0.15, -0.1) is 0 Å². The van der Waals surface area contributed by atoms with Gasteiger partial charge in [0, 0.05) is 18.9 Å². The number of hydrogen-bond acceptors (Lipinski definition) is 1. The van der Waals surface area contributed by atoms with E-state index in [1.54, 1.807) is 10.8 Å². The summed E-state index contributed by atoms with van der Waals surface area (Å²) in [7, 11) is 0. The third kappa shape index (κ3) is 2.19. The van der Waals surface area contributed by atoms with Crippen LogP contribution in [0, 0.1) is 4.77 Å². The minimum absolute atomic E-state index is 0.138. The summed E-state index contributed by atoms with van der Waals surface area (Å²) >= 11 is 4.95. The van der Waals surface area contributed by atoms with Crippen molar-refractivity contribution in [1.29, 1.82) is 0 Å². The molecule has 2 rings (SSSR count). The van der Waals surface area contributed by atoms with Gasteiger partial charge in [-0.25, -0.2) is 0 Å². The predicted octanol–water partition coefficient (Wildman–Crippen LogP) is 3.46. The number of benzene rings is 1. The first-order valence-electron chi connectivity index (χ1n) is 4.78. The Labute approximate surface area is 96.8 Å². The molecule has 0 radical (unpaired) electrons. The molecule has 0 spiro atoms. The molecule has 0 aliphatic heterocycles. The highest BCUT2D eigenvalue weighted by molar-refractivity contribution is 7.71. The van der Waals surface area contributed by atoms with Crippen LogP contribution in [-0.2, 0) is 6.54 Å². The predicted molar refractivity (Wildman–Crippen MR) is 60.1 cm³/mol. The molecule has 0 aliphatic rings. The zero-order valence-corrected chi connectivity index (χ0v) is 9.20. The van der Waals surface area contributed by atoms with Crippen molar-refractivity contribution >= 4 is 12.2 Å². The maximum absolute atomic E-state index is 12.5. The topological polar surface area (TPSA) is 9.86 Å². The Morgan fingerprint density at radius 1 is 1.12 bits per heavy atom. The van der Waals surface area contributed by atoms with E-state index in [0.29, 0.717) is 6.54 Å². The van der Waals surface area contributed by atoms with Gasteiger partial charge in [0.1, 0.15) is 0 Å². The third-order valence-corrected chi connectivity index (χ3v) is 2.73. The molecule has 2 nitrogen and oxygen atoms in total. The summed E-state index contributed by atoms with van der Waals surface area (Å²) in [5.74, 6) is 0. The van der Waals surface area contributed by atoms with Crippen molar-refractivity contribution in [3.63, 3.8) is 0 Å². The maximum Gasteiger partial charge on any atom is 0.320 e. The van der Waals surface area contributed by atoms with Crippen LogP contribution in [0.15, 0.2) is 42.7 Å². The van der Waals surface area contributed by atoms with Gasteiger partial charge in [0.25, 0.3) is 0 Å². The maximum atomic E-state index is 12.5. The first-order valence-corrected chi connectivity index (χ1v) is 5.18. The highest BCUT2D eigenvalue weighted by atomic mass is 32.1. The van der Waals surface area contributed by atoms with Crippen LogP contribution in [0.1, 0.15) is 12.1 Å². The van der Waals surface area contributed by atoms with Crippen LogP contribution in [0.3, 0.4) is 0 Å². The summed E-state index contributed by atoms with van der Waals surface area (Å²) in [5, 5.41) is 0. The molecule has 0 bridgehead atoms. The van der Waals surface area contributed by atoms with Crippen LogP contribution in [0.25, 0.3) is 0 Å². The fourth-order valence-corrected chi connectivity index (χ4v) is 1.74. The minimum atomic E-state index is -2.58. The van der Waals surface area contributed by atoms with Crippen LogP contribution in [0.4, 0.5) is 8.78 Å². The quantitative estimate of drug-likeness (QED) is 0.747. The molecular weight excluding hydrogens is 230 g/mol. The number of halogens is 2. The average molecular weight is 240 g/mol. The summed E-state index contributed by atoms with van der Waals surface area (Å²) < 4.78 is 27.5. The van der Waals surface area contributed by atoms with Gasteiger partial charge < -0.3 is 4.57 Å². The Balaban J connectivity index is 2.27. The second-order valence-electron chi connectivity index (χ2n) is 3.38. The number of alkyl halides is 2. The lowest BCUT2D eigenvalue weighted by atomic mass is 10.2. The van der Waals surface area contributed by atoms with E-state index in [1.165, 1.54) is 6.20 Å². The third-order valence-electron chi connectivity index (χ3n) is 2.28. The minimum Gasteiger partial charge on any atom is -0.319 e. The molecule has 0 fully saturated rings. The Bertz CT molecular complexity index is 516. The number of rotatable bonds is 3. The van der Waals surface area contributed by atoms with E-state index in [0.717, 1.165) is 10.1 Å². The number of nitrogens with zero attached hydrogens (tertiary/aromatic N) is 2. The fourth-order valence-electron chi connectivity index (χ4n) is 1.48. The zero-order valence-electron chi connectivity index (χ0n) is 8.38. The molecule has 0 saturated heterocycles. The first-order chi connectivity index (χ1) is 7.68. The van der Waals surface area contributed by atoms with E-state index < -0.39 is 6.55 Å². The van der Waals surface area contributed by atoms with Gasteiger partial charge in [-0.1, -0.05) is 30.3 Å². The van der Waals surface area contributed by atoms with Gasteiger partial charge in [0.15, 0.2) is 4.77 Å². The summed E-state index contributed by atoms with van der Waals surface area (Å²) in [5.41, 5.74) is 1.03. The SMILES string of the molecule is FC(F)n1ccn(Cc2ccccc2)c1=S. The van der Waals surface area contributed by atoms with Crippen LogP contribution in [0.5, 0.6) is 0 Å². The van der Waals surface area contributed by atoms with Crippen LogP contribution in [0.2, 0.25) is 0 Å². The molecule has 0 atom stereocenters. The van der Waals surface area contributed by atoms with E-state index in [9.17, 15) is 8.78 Å². The van der Waals surface area contributed by atoms with Crippen molar-refractivity contribution in [1.82, 2.24) is 9.13 Å². The van der Waals surface area contributed by atoms with Gasteiger partial charge in [0.05, 0.1) is 0 Å². The summed E-state index contributed by atoms with van der Waals surface area (Å²) in [6, 6.07) is 9.59. The summed E-state index contributed by atoms with van der Waals surface area (Å²) in [4.78, 5) is 0. The Morgan fingerprint density at radius 3 is 2.38 bits per heavy atom. The molecule has 1 aromatic carbocycles. The molecule has 1 heterocycles. The fraction of sp³-hybridized carbons (Fsp3) is 0.182. The molecule has 0 aliphatic carbocycles. The monoisotopic (exact) mass is 240 g/mol. The normalized spacial score (nSPS) is 10.9. The molecule has 2 aromatic rings. The van der Waals surface area contributed by atoms with Crippen molar-refractivity contribution in [2.24, 2.45) is 0 Å². The Hall–Kier alpha value is -1.49. The Kier molecular flexibility index (Phi) is 3.14. The largest absolute Gasteiger partial charge is 0.320 e. The number of aromatic nitrogens is 2. The molecule has 0 amide bonds. The van der Waals surface area contributed by atoms with Gasteiger partial charge in [-0.05, 0) is 17.8 Å². The molecule has 5 heteroatoms. The van der Waals surface area contributed by atoms with Crippen molar-refractivity contribution < 1.29 is 8.78 Å². The van der Waals surface area contributed by atoms with E-state index >= 15 is 0 Å². The smallest absolute Gasteiger partial charge is 0.319 e. The van der Waals surface area contributed by atoms with Gasteiger partial charge in [0.2, 0.25) is 0 Å². The molecule has 0 unspecified atom stereocenters. The van der Waals surface area contributed by atoms with Crippen LogP contribution >= 0.6 is 12.2 Å². The first kappa shape index (κ1) is 11.0. The van der Waals surface area contributed by atoms with E-state index in [4.69, 9.17) is 12.2 Å². The van der Waals surface area contributed by atoms with E-state index in [-0.39, 0.29) is 4.77 Å². The van der Waals surface area contributed by atoms with Crippen molar-refractivity contribution in [3.8, 4) is 0 Å². The lowest BCUT2D eigenvalue weighted by molar-refractivity contribution is 0.0681. The summed E-state index contributed by atoms with van der Waals surface area (Å²) in [6.07, 6.45) is 2.87. The molecular formula is C11H10F2N2S. The molecule has 16 heavy (non-hydrogen) atoms. The van der Waals surface area contributed by atoms with Crippen LogP contribution in [-0.4, -0.2) is 9.13 Å². The van der Waals surface area contributed by atoms with Gasteiger partial charge >= 0.3 is 6.55 Å². The molecule has 0 N–H and O–H groups in total. The second kappa shape index (κ2) is 4.57. The van der Waals surface area contributed by atoms with Crippen molar-refractivity contribution in [2.75, 3.05) is 0 Å². The molecule has 0 saturated carbocycles. The average Bonchev–Trinajstić information content (AvgIpc) is 2.62. The van der Waals surface area contributed by atoms with E-state index in [2.05, 4.69) is 0 Å². The summed E-state index contributed by atoms with van der Waals surface area (Å²) in [6.45, 7) is -2.07. The standard InChI is InChI=1S/C11H10F2N2S/c12-10(13)15-7-6-14(11(15)16)8-9-4-2-1-3-5-9/h1-7,10H,8H2. The van der Waals surface area contributed by atoms with Crippen molar-refractivity contribution in [2.45, 2.75) is 13.1 Å². The second-order valence-corrected chi connectivity index (χ2v) is 3.74.